The molecule has 0 spiro atoms. The fraction of sp³-hybridized carbons (Fsp3) is 0. The maximum absolute atomic E-state index is 2.34. The molecule has 0 atom stereocenters. The van der Waals surface area contributed by atoms with Crippen LogP contribution in [0, 0.1) is 0 Å². The van der Waals surface area contributed by atoms with Gasteiger partial charge in [-0.15, -0.1) is 0 Å². The number of anilines is 3. The highest BCUT2D eigenvalue weighted by Crippen LogP contribution is 2.37. The van der Waals surface area contributed by atoms with Crippen molar-refractivity contribution >= 4 is 73.2 Å². The fourth-order valence-corrected chi connectivity index (χ4v) is 7.24. The van der Waals surface area contributed by atoms with E-state index in [2.05, 4.69) is 229 Å². The van der Waals surface area contributed by atoms with E-state index in [1.54, 1.807) is 0 Å². The van der Waals surface area contributed by atoms with Crippen LogP contribution in [0.5, 0.6) is 0 Å². The Bertz CT molecular complexity index is 2720. The van der Waals surface area contributed by atoms with Crippen molar-refractivity contribution in [3.8, 4) is 0 Å². The number of nitrogens with zero attached hydrogens (tertiary/aromatic N) is 1. The van der Waals surface area contributed by atoms with Crippen LogP contribution in [0.1, 0.15) is 27.8 Å². The highest BCUT2D eigenvalue weighted by molar-refractivity contribution is 5.96. The van der Waals surface area contributed by atoms with Crippen LogP contribution in [0.2, 0.25) is 0 Å². The van der Waals surface area contributed by atoms with E-state index in [1.807, 2.05) is 0 Å². The van der Waals surface area contributed by atoms with Gasteiger partial charge >= 0.3 is 0 Å². The van der Waals surface area contributed by atoms with Crippen molar-refractivity contribution in [3.05, 3.63) is 234 Å². The molecule has 9 rings (SSSR count). The van der Waals surface area contributed by atoms with E-state index in [4.69, 9.17) is 0 Å². The molecule has 0 N–H and O–H groups in total. The Kier molecular flexibility index (Phi) is 8.66. The summed E-state index contributed by atoms with van der Waals surface area (Å²) in [7, 11) is 0. The molecule has 0 radical (unpaired) electrons. The summed E-state index contributed by atoms with van der Waals surface area (Å²) < 4.78 is 0. The largest absolute Gasteiger partial charge is 0.310 e. The summed E-state index contributed by atoms with van der Waals surface area (Å²) in [5.41, 5.74) is 10.6. The van der Waals surface area contributed by atoms with Gasteiger partial charge in [-0.05, 0) is 126 Å². The second-order valence-electron chi connectivity index (χ2n) is 13.5. The van der Waals surface area contributed by atoms with Gasteiger partial charge < -0.3 is 4.90 Å². The summed E-state index contributed by atoms with van der Waals surface area (Å²) in [6.07, 6.45) is 6.72. The molecule has 0 fully saturated rings. The molecule has 0 aliphatic heterocycles. The first-order valence-corrected chi connectivity index (χ1v) is 18.2. The third-order valence-electron chi connectivity index (χ3n) is 9.95. The summed E-state index contributed by atoms with van der Waals surface area (Å²) in [5, 5.41) is 7.35. The zero-order chi connectivity index (χ0) is 35.4. The lowest BCUT2D eigenvalue weighted by Crippen LogP contribution is -2.09. The lowest BCUT2D eigenvalue weighted by molar-refractivity contribution is 1.29. The summed E-state index contributed by atoms with van der Waals surface area (Å²) >= 11 is 0. The van der Waals surface area contributed by atoms with Crippen molar-refractivity contribution in [2.75, 3.05) is 4.90 Å². The average molecular weight is 676 g/mol. The van der Waals surface area contributed by atoms with Crippen LogP contribution in [0.15, 0.2) is 206 Å². The Labute approximate surface area is 311 Å². The number of benzene rings is 9. The van der Waals surface area contributed by atoms with Gasteiger partial charge in [0.05, 0.1) is 0 Å². The van der Waals surface area contributed by atoms with Crippen LogP contribution < -0.4 is 4.90 Å². The molecule has 0 saturated carbocycles. The Morgan fingerprint density at radius 2 is 0.698 bits per heavy atom. The minimum Gasteiger partial charge on any atom is -0.310 e. The van der Waals surface area contributed by atoms with E-state index in [0.29, 0.717) is 0 Å². The number of fused-ring (bicyclic) bond motifs is 3. The highest BCUT2D eigenvalue weighted by atomic mass is 15.1. The van der Waals surface area contributed by atoms with Gasteiger partial charge in [0.25, 0.3) is 0 Å². The summed E-state index contributed by atoms with van der Waals surface area (Å²) in [5.74, 6) is 0. The minimum atomic E-state index is 1.13. The summed E-state index contributed by atoms with van der Waals surface area (Å²) in [4.78, 5) is 2.34. The molecular weight excluding hydrogens is 639 g/mol. The molecule has 0 aliphatic rings. The van der Waals surface area contributed by atoms with Crippen LogP contribution in [0.25, 0.3) is 56.1 Å². The van der Waals surface area contributed by atoms with Gasteiger partial charge in [0.1, 0.15) is 0 Å². The Hall–Kier alpha value is -6.96. The van der Waals surface area contributed by atoms with Gasteiger partial charge in [0.2, 0.25) is 0 Å². The fourth-order valence-electron chi connectivity index (χ4n) is 7.24. The van der Waals surface area contributed by atoms with Crippen LogP contribution in [-0.4, -0.2) is 0 Å². The third kappa shape index (κ3) is 6.89. The first-order chi connectivity index (χ1) is 26.2. The van der Waals surface area contributed by atoms with Crippen LogP contribution in [0.3, 0.4) is 0 Å². The number of hydrogen-bond donors (Lipinski definition) is 0. The molecule has 1 nitrogen and oxygen atoms in total. The van der Waals surface area contributed by atoms with Gasteiger partial charge in [-0.25, -0.2) is 0 Å². The molecule has 0 aliphatic carbocycles. The van der Waals surface area contributed by atoms with E-state index in [9.17, 15) is 0 Å². The molecule has 0 bridgehead atoms. The molecule has 53 heavy (non-hydrogen) atoms. The molecule has 250 valence electrons. The first kappa shape index (κ1) is 32.0. The van der Waals surface area contributed by atoms with Gasteiger partial charge in [-0.2, -0.15) is 0 Å². The monoisotopic (exact) mass is 675 g/mol. The molecule has 9 aromatic carbocycles. The van der Waals surface area contributed by atoms with Gasteiger partial charge in [-0.3, -0.25) is 0 Å². The van der Waals surface area contributed by atoms with E-state index in [-0.39, 0.29) is 0 Å². The first-order valence-electron chi connectivity index (χ1n) is 18.2. The van der Waals surface area contributed by atoms with Gasteiger partial charge in [0, 0.05) is 17.1 Å². The predicted octanol–water partition coefficient (Wildman–Crippen LogP) is 14.4. The molecule has 9 aromatic rings. The van der Waals surface area contributed by atoms with E-state index >= 15 is 0 Å². The average Bonchev–Trinajstić information content (AvgIpc) is 3.23. The smallest absolute Gasteiger partial charge is 0.0468 e. The van der Waals surface area contributed by atoms with Crippen molar-refractivity contribution in [2.24, 2.45) is 0 Å². The molecule has 0 amide bonds. The van der Waals surface area contributed by atoms with Gasteiger partial charge in [0.15, 0.2) is 0 Å². The van der Waals surface area contributed by atoms with E-state index < -0.39 is 0 Å². The molecule has 0 heterocycles. The molecular formula is C52H37N. The number of rotatable bonds is 8. The minimum absolute atomic E-state index is 1.13. The number of hydrogen-bond acceptors (Lipinski definition) is 1. The molecule has 1 heteroatoms. The van der Waals surface area contributed by atoms with E-state index in [1.165, 1.54) is 65.7 Å². The van der Waals surface area contributed by atoms with Crippen molar-refractivity contribution in [3.63, 3.8) is 0 Å². The topological polar surface area (TPSA) is 3.24 Å². The third-order valence-corrected chi connectivity index (χ3v) is 9.95. The van der Waals surface area contributed by atoms with Gasteiger partial charge in [-0.1, -0.05) is 164 Å². The molecule has 0 unspecified atom stereocenters. The Morgan fingerprint density at radius 3 is 1.26 bits per heavy atom. The van der Waals surface area contributed by atoms with Crippen molar-refractivity contribution in [1.29, 1.82) is 0 Å². The summed E-state index contributed by atoms with van der Waals surface area (Å²) in [6.45, 7) is 0. The maximum Gasteiger partial charge on any atom is 0.0468 e. The predicted molar refractivity (Wildman–Crippen MR) is 229 cm³/mol. The standard InChI is InChI=1S/C52H37N/c1-4-13-42(14-5-1)52(43-15-6-2-7-16-43)35-40-24-27-45-32-38(22-25-46(45)34-40)20-21-39-23-26-48-37-51(31-29-47(48)33-39)53(49-18-8-3-9-19-49)50-30-28-41-12-10-11-17-44(41)36-50/h1-37H/b21-20+. The van der Waals surface area contributed by atoms with Crippen molar-refractivity contribution < 1.29 is 0 Å². The summed E-state index contributed by atoms with van der Waals surface area (Å²) in [6, 6.07) is 74.0. The highest BCUT2D eigenvalue weighted by Gasteiger charge is 2.14. The zero-order valence-corrected chi connectivity index (χ0v) is 29.3. The van der Waals surface area contributed by atoms with Crippen LogP contribution in [-0.2, 0) is 0 Å². The van der Waals surface area contributed by atoms with Crippen LogP contribution in [0.4, 0.5) is 17.1 Å². The van der Waals surface area contributed by atoms with E-state index in [0.717, 1.165) is 17.1 Å². The van der Waals surface area contributed by atoms with Crippen LogP contribution >= 0.6 is 0 Å². The Morgan fingerprint density at radius 1 is 0.302 bits per heavy atom. The maximum atomic E-state index is 2.34. The van der Waals surface area contributed by atoms with Crippen molar-refractivity contribution in [1.82, 2.24) is 0 Å². The lowest BCUT2D eigenvalue weighted by atomic mass is 9.95. The lowest BCUT2D eigenvalue weighted by Gasteiger charge is -2.26. The quantitative estimate of drug-likeness (QED) is 0.145. The Balaban J connectivity index is 0.979. The number of para-hydroxylation sites is 1. The molecule has 0 saturated heterocycles. The zero-order valence-electron chi connectivity index (χ0n) is 29.3. The normalized spacial score (nSPS) is 11.3. The second kappa shape index (κ2) is 14.3. The second-order valence-corrected chi connectivity index (χ2v) is 13.5. The van der Waals surface area contributed by atoms with Crippen molar-refractivity contribution in [2.45, 2.75) is 0 Å². The SMILES string of the molecule is C(=C(c1ccccc1)c1ccccc1)c1ccc2cc(/C=C/c3ccc4cc(N(c5ccccc5)c5ccc6ccccc6c5)ccc4c3)ccc2c1. The molecule has 0 aromatic heterocycles.